The molecular weight excluding hydrogens is 433 g/mol. The molecule has 10 nitrogen and oxygen atoms in total. The van der Waals surface area contributed by atoms with E-state index in [0.717, 1.165) is 11.0 Å². The van der Waals surface area contributed by atoms with Crippen molar-refractivity contribution in [1.82, 2.24) is 20.2 Å². The van der Waals surface area contributed by atoms with Crippen LogP contribution >= 0.6 is 0 Å². The van der Waals surface area contributed by atoms with Crippen LogP contribution in [0.4, 0.5) is 10.1 Å². The van der Waals surface area contributed by atoms with E-state index < -0.39 is 41.6 Å². The van der Waals surface area contributed by atoms with Crippen LogP contribution in [0.3, 0.4) is 0 Å². The Morgan fingerprint density at radius 3 is 2.52 bits per heavy atom. The summed E-state index contributed by atoms with van der Waals surface area (Å²) in [7, 11) is 0. The monoisotopic (exact) mass is 455 g/mol. The van der Waals surface area contributed by atoms with Crippen molar-refractivity contribution >= 4 is 29.3 Å². The van der Waals surface area contributed by atoms with E-state index in [1.807, 2.05) is 0 Å². The van der Waals surface area contributed by atoms with Gasteiger partial charge in [-0.3, -0.25) is 29.4 Å². The van der Waals surface area contributed by atoms with Gasteiger partial charge in [-0.1, -0.05) is 0 Å². The molecule has 0 aliphatic carbocycles. The maximum Gasteiger partial charge on any atom is 0.264 e. The Balaban J connectivity index is 1.40. The number of H-pyrrole nitrogens is 1. The van der Waals surface area contributed by atoms with Crippen LogP contribution in [0.2, 0.25) is 0 Å². The molecule has 0 spiro atoms. The molecule has 4 heterocycles. The standard InChI is InChI=1S/C22H22FN5O5/c23-13-2-1-12-16(22(33)28(21(12)32)14-3-4-15(29)26-20(14)31)17(13)27-9-5-11(6-10-27)18(30)19-24-7-8-25-19/h1-2,7-8,11,14,18,30H,3-6,9-10H2,(H,24,25)(H,26,29,31). The minimum absolute atomic E-state index is 0.0105. The lowest BCUT2D eigenvalue weighted by Crippen LogP contribution is -2.54. The van der Waals surface area contributed by atoms with Crippen LogP contribution in [-0.4, -0.2) is 62.7 Å². The number of aromatic amines is 1. The van der Waals surface area contributed by atoms with E-state index in [0.29, 0.717) is 31.8 Å². The summed E-state index contributed by atoms with van der Waals surface area (Å²) in [6, 6.07) is 1.30. The number of aromatic nitrogens is 2. The van der Waals surface area contributed by atoms with Gasteiger partial charge in [0.05, 0.1) is 16.8 Å². The molecule has 0 radical (unpaired) electrons. The fourth-order valence-electron chi connectivity index (χ4n) is 4.92. The van der Waals surface area contributed by atoms with E-state index in [4.69, 9.17) is 0 Å². The number of hydrogen-bond acceptors (Lipinski definition) is 7. The normalized spacial score (nSPS) is 22.5. The van der Waals surface area contributed by atoms with Crippen molar-refractivity contribution in [2.75, 3.05) is 18.0 Å². The lowest BCUT2D eigenvalue weighted by molar-refractivity contribution is -0.136. The third-order valence-electron chi connectivity index (χ3n) is 6.63. The molecule has 1 aromatic heterocycles. The second kappa shape index (κ2) is 8.07. The van der Waals surface area contributed by atoms with E-state index >= 15 is 0 Å². The van der Waals surface area contributed by atoms with Gasteiger partial charge in [0, 0.05) is 31.9 Å². The smallest absolute Gasteiger partial charge is 0.264 e. The molecule has 0 saturated carbocycles. The number of carbonyl (C=O) groups is 4. The number of amides is 4. The zero-order valence-electron chi connectivity index (χ0n) is 17.6. The van der Waals surface area contributed by atoms with E-state index in [2.05, 4.69) is 15.3 Å². The number of halogens is 1. The van der Waals surface area contributed by atoms with Crippen LogP contribution in [0, 0.1) is 11.7 Å². The van der Waals surface area contributed by atoms with E-state index in [1.165, 1.54) is 6.07 Å². The zero-order valence-corrected chi connectivity index (χ0v) is 17.6. The van der Waals surface area contributed by atoms with Gasteiger partial charge in [0.15, 0.2) is 0 Å². The molecule has 3 aliphatic heterocycles. The molecule has 1 aromatic carbocycles. The summed E-state index contributed by atoms with van der Waals surface area (Å²) in [6.45, 7) is 0.741. The van der Waals surface area contributed by atoms with Gasteiger partial charge in [0.25, 0.3) is 11.8 Å². The van der Waals surface area contributed by atoms with Gasteiger partial charge in [-0.15, -0.1) is 0 Å². The Hall–Kier alpha value is -3.60. The number of imidazole rings is 1. The minimum Gasteiger partial charge on any atom is -0.385 e. The second-order valence-corrected chi connectivity index (χ2v) is 8.51. The first-order chi connectivity index (χ1) is 15.9. The van der Waals surface area contributed by atoms with Gasteiger partial charge in [0.2, 0.25) is 11.8 Å². The van der Waals surface area contributed by atoms with Crippen LogP contribution in [-0.2, 0) is 9.59 Å². The summed E-state index contributed by atoms with van der Waals surface area (Å²) in [5, 5.41) is 12.7. The van der Waals surface area contributed by atoms with Gasteiger partial charge in [-0.25, -0.2) is 9.37 Å². The first-order valence-electron chi connectivity index (χ1n) is 10.8. The van der Waals surface area contributed by atoms with Crippen molar-refractivity contribution in [3.8, 4) is 0 Å². The Morgan fingerprint density at radius 2 is 1.85 bits per heavy atom. The quantitative estimate of drug-likeness (QED) is 0.583. The maximum absolute atomic E-state index is 15.0. The van der Waals surface area contributed by atoms with E-state index in [1.54, 1.807) is 17.3 Å². The topological polar surface area (TPSA) is 136 Å². The largest absolute Gasteiger partial charge is 0.385 e. The fourth-order valence-corrected chi connectivity index (χ4v) is 4.92. The van der Waals surface area contributed by atoms with Crippen molar-refractivity contribution in [2.24, 2.45) is 5.92 Å². The SMILES string of the molecule is O=C1CCC(N2C(=O)c3ccc(F)c(N4CCC(C(O)c5ncc[nH]5)CC4)c3C2=O)C(=O)N1. The number of nitrogens with zero attached hydrogens (tertiary/aromatic N) is 3. The van der Waals surface area contributed by atoms with E-state index in [9.17, 15) is 28.7 Å². The Bertz CT molecular complexity index is 1140. The number of rotatable bonds is 4. The van der Waals surface area contributed by atoms with Crippen LogP contribution in [0.5, 0.6) is 0 Å². The number of fused-ring (bicyclic) bond motifs is 1. The van der Waals surface area contributed by atoms with Crippen molar-refractivity contribution in [1.29, 1.82) is 0 Å². The highest BCUT2D eigenvalue weighted by Gasteiger charge is 2.47. The van der Waals surface area contributed by atoms with Gasteiger partial charge in [-0.2, -0.15) is 0 Å². The number of imide groups is 2. The Kier molecular flexibility index (Phi) is 5.20. The molecule has 2 unspecified atom stereocenters. The summed E-state index contributed by atoms with van der Waals surface area (Å²) in [6.07, 6.45) is 3.52. The maximum atomic E-state index is 15.0. The number of anilines is 1. The summed E-state index contributed by atoms with van der Waals surface area (Å²) >= 11 is 0. The zero-order chi connectivity index (χ0) is 23.3. The molecule has 172 valence electrons. The molecule has 0 bridgehead atoms. The van der Waals surface area contributed by atoms with Crippen molar-refractivity contribution in [2.45, 2.75) is 37.8 Å². The number of carbonyl (C=O) groups excluding carboxylic acids is 4. The third-order valence-corrected chi connectivity index (χ3v) is 6.63. The summed E-state index contributed by atoms with van der Waals surface area (Å²) in [5.74, 6) is -2.84. The second-order valence-electron chi connectivity index (χ2n) is 8.51. The third kappa shape index (κ3) is 3.48. The van der Waals surface area contributed by atoms with Crippen LogP contribution in [0.1, 0.15) is 58.3 Å². The Labute approximate surface area is 187 Å². The van der Waals surface area contributed by atoms with Crippen molar-refractivity contribution in [3.05, 3.63) is 47.3 Å². The van der Waals surface area contributed by atoms with Gasteiger partial charge in [0.1, 0.15) is 23.8 Å². The van der Waals surface area contributed by atoms with Gasteiger partial charge in [-0.05, 0) is 37.3 Å². The number of aliphatic hydroxyl groups is 1. The number of piperidine rings is 2. The lowest BCUT2D eigenvalue weighted by atomic mass is 9.90. The van der Waals surface area contributed by atoms with Crippen molar-refractivity contribution < 1.29 is 28.7 Å². The van der Waals surface area contributed by atoms with E-state index in [-0.39, 0.29) is 35.6 Å². The summed E-state index contributed by atoms with van der Waals surface area (Å²) < 4.78 is 15.0. The van der Waals surface area contributed by atoms with Crippen LogP contribution in [0.15, 0.2) is 24.5 Å². The molecule has 2 fully saturated rings. The first-order valence-corrected chi connectivity index (χ1v) is 10.8. The number of aliphatic hydroxyl groups excluding tert-OH is 1. The molecule has 33 heavy (non-hydrogen) atoms. The number of hydrogen-bond donors (Lipinski definition) is 3. The Morgan fingerprint density at radius 1 is 1.09 bits per heavy atom. The molecule has 4 amide bonds. The summed E-state index contributed by atoms with van der Waals surface area (Å²) in [5.41, 5.74) is 0.0140. The molecule has 2 aromatic rings. The number of benzene rings is 1. The predicted molar refractivity (Wildman–Crippen MR) is 112 cm³/mol. The average molecular weight is 455 g/mol. The highest BCUT2D eigenvalue weighted by molar-refractivity contribution is 6.25. The highest BCUT2D eigenvalue weighted by Crippen LogP contribution is 2.39. The summed E-state index contributed by atoms with van der Waals surface area (Å²) in [4.78, 5) is 59.6. The highest BCUT2D eigenvalue weighted by atomic mass is 19.1. The molecule has 5 rings (SSSR count). The molecule has 11 heteroatoms. The fraction of sp³-hybridized carbons (Fsp3) is 0.409. The molecular formula is C22H22FN5O5. The van der Waals surface area contributed by atoms with Gasteiger partial charge < -0.3 is 15.0 Å². The molecule has 3 N–H and O–H groups in total. The number of nitrogens with one attached hydrogen (secondary N) is 2. The molecule has 3 aliphatic rings. The minimum atomic E-state index is -1.11. The van der Waals surface area contributed by atoms with Crippen LogP contribution < -0.4 is 10.2 Å². The lowest BCUT2D eigenvalue weighted by Gasteiger charge is -2.36. The van der Waals surface area contributed by atoms with Gasteiger partial charge >= 0.3 is 0 Å². The van der Waals surface area contributed by atoms with Crippen molar-refractivity contribution in [3.63, 3.8) is 0 Å². The average Bonchev–Trinajstić information content (AvgIpc) is 3.42. The molecule has 2 atom stereocenters. The molecule has 2 saturated heterocycles. The predicted octanol–water partition coefficient (Wildman–Crippen LogP) is 0.900. The van der Waals surface area contributed by atoms with Crippen LogP contribution in [0.25, 0.3) is 0 Å². The first kappa shape index (κ1) is 21.3.